The molecule has 0 bridgehead atoms. The van der Waals surface area contributed by atoms with Crippen LogP contribution in [0.4, 0.5) is 0 Å². The number of hydrogen-bond donors (Lipinski definition) is 1. The van der Waals surface area contributed by atoms with Gasteiger partial charge in [-0.15, -0.1) is 0 Å². The van der Waals surface area contributed by atoms with Crippen LogP contribution in [0.2, 0.25) is 0 Å². The van der Waals surface area contributed by atoms with Crippen molar-refractivity contribution in [2.45, 2.75) is 48.5 Å². The van der Waals surface area contributed by atoms with Crippen LogP contribution in [0.3, 0.4) is 0 Å². The SMILES string of the molecule is CCN[SiH2]C=C(C(C)(C)C)C(C)(C)C. The van der Waals surface area contributed by atoms with Gasteiger partial charge in [0.25, 0.3) is 0 Å². The van der Waals surface area contributed by atoms with Gasteiger partial charge in [-0.05, 0) is 17.4 Å². The second-order valence-corrected chi connectivity index (χ2v) is 7.24. The normalized spacial score (nSPS) is 13.6. The molecule has 1 N–H and O–H groups in total. The fraction of sp³-hybridized carbons (Fsp3) is 0.833. The van der Waals surface area contributed by atoms with Crippen molar-refractivity contribution < 1.29 is 0 Å². The fourth-order valence-electron chi connectivity index (χ4n) is 2.06. The van der Waals surface area contributed by atoms with E-state index in [1.54, 1.807) is 5.57 Å². The van der Waals surface area contributed by atoms with E-state index >= 15 is 0 Å². The molecule has 0 saturated carbocycles. The molecule has 14 heavy (non-hydrogen) atoms. The predicted octanol–water partition coefficient (Wildman–Crippen LogP) is 2.66. The van der Waals surface area contributed by atoms with Gasteiger partial charge >= 0.3 is 0 Å². The zero-order chi connectivity index (χ0) is 11.4. The Bertz CT molecular complexity index is 177. The maximum Gasteiger partial charge on any atom is 0.116 e. The minimum Gasteiger partial charge on any atom is -0.339 e. The van der Waals surface area contributed by atoms with Crippen molar-refractivity contribution in [3.05, 3.63) is 11.3 Å². The molecule has 0 aliphatic rings. The molecular weight excluding hydrogens is 186 g/mol. The number of allylic oxidation sites excluding steroid dienone is 1. The Hall–Kier alpha value is -0.0831. The second-order valence-electron chi connectivity index (χ2n) is 5.93. The van der Waals surface area contributed by atoms with Crippen molar-refractivity contribution in [1.82, 2.24) is 4.98 Å². The van der Waals surface area contributed by atoms with E-state index < -0.39 is 0 Å². The molecule has 0 aromatic heterocycles. The summed E-state index contributed by atoms with van der Waals surface area (Å²) in [5.74, 6) is 0. The highest BCUT2D eigenvalue weighted by molar-refractivity contribution is 6.39. The fourth-order valence-corrected chi connectivity index (χ4v) is 3.92. The molecule has 0 saturated heterocycles. The van der Waals surface area contributed by atoms with Gasteiger partial charge in [0.05, 0.1) is 0 Å². The molecule has 2 heteroatoms. The summed E-state index contributed by atoms with van der Waals surface area (Å²) in [6.45, 7) is 17.1. The maximum atomic E-state index is 3.49. The molecule has 0 aliphatic heterocycles. The molecule has 0 aromatic rings. The van der Waals surface area contributed by atoms with Crippen LogP contribution in [-0.2, 0) is 0 Å². The molecule has 0 rings (SSSR count). The highest BCUT2D eigenvalue weighted by Crippen LogP contribution is 2.38. The standard InChI is InChI=1S/C12H27NSi/c1-8-13-14-9-10(11(2,3)4)12(5,6)7/h9,13H,8,14H2,1-7H3. The van der Waals surface area contributed by atoms with E-state index in [0.29, 0.717) is 10.8 Å². The molecule has 0 spiro atoms. The summed E-state index contributed by atoms with van der Waals surface area (Å²) in [5, 5.41) is 0. The van der Waals surface area contributed by atoms with Crippen LogP contribution >= 0.6 is 0 Å². The third kappa shape index (κ3) is 4.96. The van der Waals surface area contributed by atoms with E-state index in [0.717, 1.165) is 6.54 Å². The summed E-state index contributed by atoms with van der Waals surface area (Å²) in [5.41, 5.74) is 4.70. The Labute approximate surface area is 92.3 Å². The van der Waals surface area contributed by atoms with Gasteiger partial charge in [0.1, 0.15) is 9.68 Å². The van der Waals surface area contributed by atoms with Crippen LogP contribution in [-0.4, -0.2) is 16.2 Å². The zero-order valence-electron chi connectivity index (χ0n) is 11.0. The number of nitrogens with one attached hydrogen (secondary N) is 1. The van der Waals surface area contributed by atoms with Crippen LogP contribution < -0.4 is 4.98 Å². The first kappa shape index (κ1) is 13.9. The number of rotatable bonds is 3. The second kappa shape index (κ2) is 5.13. The molecule has 0 atom stereocenters. The molecule has 0 aliphatic carbocycles. The molecule has 0 amide bonds. The van der Waals surface area contributed by atoms with Crippen LogP contribution in [0, 0.1) is 10.8 Å². The van der Waals surface area contributed by atoms with E-state index in [1.807, 2.05) is 0 Å². The van der Waals surface area contributed by atoms with E-state index in [1.165, 1.54) is 0 Å². The van der Waals surface area contributed by atoms with Crippen molar-refractivity contribution in [2.24, 2.45) is 10.8 Å². The summed E-state index contributed by atoms with van der Waals surface area (Å²) < 4.78 is 0. The third-order valence-corrected chi connectivity index (χ3v) is 3.72. The Balaban J connectivity index is 4.66. The first-order valence-electron chi connectivity index (χ1n) is 5.61. The van der Waals surface area contributed by atoms with E-state index in [-0.39, 0.29) is 9.68 Å². The maximum absolute atomic E-state index is 3.49. The van der Waals surface area contributed by atoms with Crippen LogP contribution in [0.1, 0.15) is 48.5 Å². The molecule has 0 unspecified atom stereocenters. The van der Waals surface area contributed by atoms with Gasteiger partial charge in [0.15, 0.2) is 0 Å². The highest BCUT2D eigenvalue weighted by Gasteiger charge is 2.27. The summed E-state index contributed by atoms with van der Waals surface area (Å²) >= 11 is 0. The quantitative estimate of drug-likeness (QED) is 0.561. The Morgan fingerprint density at radius 3 is 1.79 bits per heavy atom. The lowest BCUT2D eigenvalue weighted by atomic mass is 9.73. The van der Waals surface area contributed by atoms with E-state index in [2.05, 4.69) is 59.1 Å². The largest absolute Gasteiger partial charge is 0.339 e. The average molecular weight is 213 g/mol. The van der Waals surface area contributed by atoms with Crippen LogP contribution in [0.25, 0.3) is 0 Å². The summed E-state index contributed by atoms with van der Waals surface area (Å²) in [7, 11) is -0.208. The molecule has 0 fully saturated rings. The first-order chi connectivity index (χ1) is 6.19. The molecule has 1 nitrogen and oxygen atoms in total. The van der Waals surface area contributed by atoms with Gasteiger partial charge in [0.2, 0.25) is 0 Å². The predicted molar refractivity (Wildman–Crippen MR) is 69.2 cm³/mol. The van der Waals surface area contributed by atoms with Crippen molar-refractivity contribution in [1.29, 1.82) is 0 Å². The lowest BCUT2D eigenvalue weighted by molar-refractivity contribution is 0.363. The van der Waals surface area contributed by atoms with Crippen molar-refractivity contribution in [3.63, 3.8) is 0 Å². The van der Waals surface area contributed by atoms with Gasteiger partial charge in [-0.25, -0.2) is 0 Å². The van der Waals surface area contributed by atoms with Gasteiger partial charge in [-0.2, -0.15) is 0 Å². The van der Waals surface area contributed by atoms with Crippen molar-refractivity contribution in [3.8, 4) is 0 Å². The molecule has 0 heterocycles. The van der Waals surface area contributed by atoms with E-state index in [4.69, 9.17) is 0 Å². The van der Waals surface area contributed by atoms with Crippen LogP contribution in [0.5, 0.6) is 0 Å². The minimum absolute atomic E-state index is 0.208. The van der Waals surface area contributed by atoms with Gasteiger partial charge in [-0.1, -0.05) is 59.7 Å². The lowest BCUT2D eigenvalue weighted by Crippen LogP contribution is -2.26. The topological polar surface area (TPSA) is 12.0 Å². The summed E-state index contributed by atoms with van der Waals surface area (Å²) in [6, 6.07) is 0. The van der Waals surface area contributed by atoms with Crippen LogP contribution in [0.15, 0.2) is 11.3 Å². The summed E-state index contributed by atoms with van der Waals surface area (Å²) in [6.07, 6.45) is 0. The van der Waals surface area contributed by atoms with E-state index in [9.17, 15) is 0 Å². The van der Waals surface area contributed by atoms with Crippen molar-refractivity contribution >= 4 is 9.68 Å². The van der Waals surface area contributed by atoms with Gasteiger partial charge in [-0.3, -0.25) is 0 Å². The molecule has 0 radical (unpaired) electrons. The molecule has 0 aromatic carbocycles. The minimum atomic E-state index is -0.208. The third-order valence-electron chi connectivity index (χ3n) is 2.32. The first-order valence-corrected chi connectivity index (χ1v) is 7.13. The van der Waals surface area contributed by atoms with Crippen molar-refractivity contribution in [2.75, 3.05) is 6.54 Å². The average Bonchev–Trinajstić information content (AvgIpc) is 1.92. The Kier molecular flexibility index (Phi) is 5.10. The Morgan fingerprint density at radius 2 is 1.50 bits per heavy atom. The smallest absolute Gasteiger partial charge is 0.116 e. The molecular formula is C12H27NSi. The lowest BCUT2D eigenvalue weighted by Gasteiger charge is -2.34. The highest BCUT2D eigenvalue weighted by atomic mass is 28.2. The zero-order valence-corrected chi connectivity index (χ0v) is 12.4. The van der Waals surface area contributed by atoms with Gasteiger partial charge < -0.3 is 4.98 Å². The number of hydrogen-bond acceptors (Lipinski definition) is 1. The molecule has 84 valence electrons. The monoisotopic (exact) mass is 213 g/mol. The summed E-state index contributed by atoms with van der Waals surface area (Å²) in [4.78, 5) is 3.49. The van der Waals surface area contributed by atoms with Gasteiger partial charge in [0, 0.05) is 0 Å². The Morgan fingerprint density at radius 1 is 1.07 bits per heavy atom.